The molecule has 4 N–H and O–H groups in total. The fraction of sp³-hybridized carbons (Fsp3) is 0.438. The van der Waals surface area contributed by atoms with E-state index in [1.165, 1.54) is 0 Å². The largest absolute Gasteiger partial charge is 0.369 e. The molecule has 0 radical (unpaired) electrons. The third-order valence-electron chi connectivity index (χ3n) is 4.19. The molecule has 1 aliphatic heterocycles. The summed E-state index contributed by atoms with van der Waals surface area (Å²) in [6.45, 7) is 2.05. The van der Waals surface area contributed by atoms with E-state index in [4.69, 9.17) is 5.73 Å². The Morgan fingerprint density at radius 3 is 3.12 bits per heavy atom. The summed E-state index contributed by atoms with van der Waals surface area (Å²) >= 11 is 1.63. The van der Waals surface area contributed by atoms with Gasteiger partial charge in [0.15, 0.2) is 0 Å². The summed E-state index contributed by atoms with van der Waals surface area (Å²) < 4.78 is 0. The van der Waals surface area contributed by atoms with Crippen molar-refractivity contribution >= 4 is 23.2 Å². The summed E-state index contributed by atoms with van der Waals surface area (Å²) in [5.74, 6) is -0.437. The minimum absolute atomic E-state index is 0.0162. The third kappa shape index (κ3) is 4.01. The molecule has 0 spiro atoms. The zero-order chi connectivity index (χ0) is 16.9. The first kappa shape index (κ1) is 16.7. The predicted molar refractivity (Wildman–Crippen MR) is 92.1 cm³/mol. The molecular formula is C16H21N5O2S. The number of thiophene rings is 1. The first-order valence-electron chi connectivity index (χ1n) is 7.98. The Bertz CT molecular complexity index is 697. The van der Waals surface area contributed by atoms with Crippen LogP contribution < -0.4 is 11.1 Å². The third-order valence-corrected chi connectivity index (χ3v) is 5.08. The summed E-state index contributed by atoms with van der Waals surface area (Å²) in [6.07, 6.45) is 3.48. The van der Waals surface area contributed by atoms with Crippen molar-refractivity contribution in [1.29, 1.82) is 0 Å². The molecule has 1 saturated heterocycles. The summed E-state index contributed by atoms with van der Waals surface area (Å²) in [5, 5.41) is 12.1. The Labute approximate surface area is 144 Å². The van der Waals surface area contributed by atoms with Crippen LogP contribution in [0, 0.1) is 5.92 Å². The normalized spacial score (nSPS) is 18.4. The number of nitrogens with zero attached hydrogens (tertiary/aromatic N) is 2. The van der Waals surface area contributed by atoms with Crippen LogP contribution in [-0.2, 0) is 16.1 Å². The molecule has 2 aromatic heterocycles. The number of aromatic amines is 1. The number of primary amides is 1. The van der Waals surface area contributed by atoms with Gasteiger partial charge < -0.3 is 11.1 Å². The van der Waals surface area contributed by atoms with E-state index in [-0.39, 0.29) is 24.3 Å². The van der Waals surface area contributed by atoms with Crippen molar-refractivity contribution in [2.24, 2.45) is 11.7 Å². The van der Waals surface area contributed by atoms with Crippen LogP contribution >= 0.6 is 11.3 Å². The van der Waals surface area contributed by atoms with Gasteiger partial charge in [0, 0.05) is 18.7 Å². The Kier molecular flexibility index (Phi) is 5.27. The molecular weight excluding hydrogens is 326 g/mol. The molecule has 2 amide bonds. The van der Waals surface area contributed by atoms with Crippen LogP contribution in [0.2, 0.25) is 0 Å². The van der Waals surface area contributed by atoms with E-state index < -0.39 is 0 Å². The number of aromatic nitrogens is 2. The molecule has 1 aliphatic rings. The zero-order valence-corrected chi connectivity index (χ0v) is 14.1. The highest BCUT2D eigenvalue weighted by molar-refractivity contribution is 7.13. The molecule has 0 aliphatic carbocycles. The minimum Gasteiger partial charge on any atom is -0.369 e. The average Bonchev–Trinajstić information content (AvgIpc) is 3.23. The number of H-pyrrole nitrogens is 1. The number of likely N-dealkylation sites (tertiary alicyclic amines) is 1. The highest BCUT2D eigenvalue weighted by Gasteiger charge is 2.26. The highest BCUT2D eigenvalue weighted by Crippen LogP contribution is 2.25. The smallest absolute Gasteiger partial charge is 0.231 e. The minimum atomic E-state index is -0.352. The van der Waals surface area contributed by atoms with Crippen molar-refractivity contribution in [3.05, 3.63) is 29.3 Å². The molecule has 1 atom stereocenters. The topological polar surface area (TPSA) is 104 Å². The number of carbonyl (C=O) groups is 2. The maximum absolute atomic E-state index is 12.4. The molecule has 7 nitrogen and oxygen atoms in total. The lowest BCUT2D eigenvalue weighted by molar-refractivity contribution is -0.128. The number of nitrogens with two attached hydrogens (primary N) is 1. The van der Waals surface area contributed by atoms with Crippen LogP contribution in [0.3, 0.4) is 0 Å². The second kappa shape index (κ2) is 7.59. The molecule has 24 heavy (non-hydrogen) atoms. The standard InChI is InChI=1S/C16H21N5O2S/c17-14(22)10-21-5-1-3-11(9-21)16(23)18-7-12-8-19-20-15(12)13-4-2-6-24-13/h2,4,6,8,11H,1,3,5,7,9-10H2,(H2,17,22)(H,18,23)(H,19,20). The maximum Gasteiger partial charge on any atom is 0.231 e. The van der Waals surface area contributed by atoms with E-state index in [1.807, 2.05) is 22.4 Å². The van der Waals surface area contributed by atoms with Crippen molar-refractivity contribution in [2.75, 3.05) is 19.6 Å². The number of amides is 2. The number of piperidine rings is 1. The fourth-order valence-electron chi connectivity index (χ4n) is 3.04. The summed E-state index contributed by atoms with van der Waals surface area (Å²) in [7, 11) is 0. The van der Waals surface area contributed by atoms with Crippen molar-refractivity contribution in [3.8, 4) is 10.6 Å². The SMILES string of the molecule is NC(=O)CN1CCCC(C(=O)NCc2cn[nH]c2-c2cccs2)C1. The van der Waals surface area contributed by atoms with Gasteiger partial charge in [0.2, 0.25) is 11.8 Å². The molecule has 8 heteroatoms. The van der Waals surface area contributed by atoms with Crippen LogP contribution in [0.4, 0.5) is 0 Å². The molecule has 1 fully saturated rings. The number of carbonyl (C=O) groups excluding carboxylic acids is 2. The quantitative estimate of drug-likeness (QED) is 0.724. The van der Waals surface area contributed by atoms with E-state index in [1.54, 1.807) is 17.5 Å². The van der Waals surface area contributed by atoms with Gasteiger partial charge in [0.25, 0.3) is 0 Å². The number of hydrogen-bond donors (Lipinski definition) is 3. The van der Waals surface area contributed by atoms with E-state index >= 15 is 0 Å². The Balaban J connectivity index is 1.56. The van der Waals surface area contributed by atoms with Crippen molar-refractivity contribution in [1.82, 2.24) is 20.4 Å². The first-order chi connectivity index (χ1) is 11.6. The van der Waals surface area contributed by atoms with Crippen LogP contribution in [0.5, 0.6) is 0 Å². The Morgan fingerprint density at radius 2 is 2.38 bits per heavy atom. The lowest BCUT2D eigenvalue weighted by Crippen LogP contribution is -2.45. The Hall–Kier alpha value is -2.19. The molecule has 0 saturated carbocycles. The van der Waals surface area contributed by atoms with Crippen LogP contribution in [0.1, 0.15) is 18.4 Å². The second-order valence-electron chi connectivity index (χ2n) is 6.01. The van der Waals surface area contributed by atoms with Crippen LogP contribution in [0.15, 0.2) is 23.7 Å². The van der Waals surface area contributed by atoms with Gasteiger partial charge >= 0.3 is 0 Å². The number of hydrogen-bond acceptors (Lipinski definition) is 5. The van der Waals surface area contributed by atoms with Gasteiger partial charge in [-0.2, -0.15) is 5.10 Å². The maximum atomic E-state index is 12.4. The summed E-state index contributed by atoms with van der Waals surface area (Å²) in [5.41, 5.74) is 7.16. The first-order valence-corrected chi connectivity index (χ1v) is 8.86. The lowest BCUT2D eigenvalue weighted by Gasteiger charge is -2.30. The van der Waals surface area contributed by atoms with Gasteiger partial charge in [0.1, 0.15) is 0 Å². The molecule has 128 valence electrons. The van der Waals surface area contributed by atoms with Crippen LogP contribution in [0.25, 0.3) is 10.6 Å². The molecule has 3 heterocycles. The van der Waals surface area contributed by atoms with Crippen LogP contribution in [-0.4, -0.2) is 46.5 Å². The van der Waals surface area contributed by atoms with Gasteiger partial charge in [-0.3, -0.25) is 19.6 Å². The van der Waals surface area contributed by atoms with Crippen molar-refractivity contribution in [3.63, 3.8) is 0 Å². The summed E-state index contributed by atoms with van der Waals surface area (Å²) in [4.78, 5) is 26.5. The monoisotopic (exact) mass is 347 g/mol. The number of nitrogens with one attached hydrogen (secondary N) is 2. The van der Waals surface area contributed by atoms with Gasteiger partial charge in [-0.25, -0.2) is 0 Å². The van der Waals surface area contributed by atoms with Gasteiger partial charge in [0.05, 0.1) is 29.2 Å². The lowest BCUT2D eigenvalue weighted by atomic mass is 9.97. The van der Waals surface area contributed by atoms with Gasteiger partial charge in [-0.05, 0) is 30.8 Å². The van der Waals surface area contributed by atoms with E-state index in [2.05, 4.69) is 15.5 Å². The van der Waals surface area contributed by atoms with E-state index in [9.17, 15) is 9.59 Å². The van der Waals surface area contributed by atoms with Crippen molar-refractivity contribution < 1.29 is 9.59 Å². The molecule has 2 aromatic rings. The van der Waals surface area contributed by atoms with E-state index in [0.717, 1.165) is 35.5 Å². The second-order valence-corrected chi connectivity index (χ2v) is 6.95. The zero-order valence-electron chi connectivity index (χ0n) is 13.3. The average molecular weight is 347 g/mol. The van der Waals surface area contributed by atoms with Gasteiger partial charge in [-0.15, -0.1) is 11.3 Å². The molecule has 0 aromatic carbocycles. The predicted octanol–water partition coefficient (Wildman–Crippen LogP) is 0.952. The molecule has 1 unspecified atom stereocenters. The Morgan fingerprint density at radius 1 is 1.50 bits per heavy atom. The number of rotatable bonds is 6. The highest BCUT2D eigenvalue weighted by atomic mass is 32.1. The molecule has 0 bridgehead atoms. The van der Waals surface area contributed by atoms with Crippen molar-refractivity contribution in [2.45, 2.75) is 19.4 Å². The summed E-state index contributed by atoms with van der Waals surface area (Å²) in [6, 6.07) is 4.00. The van der Waals surface area contributed by atoms with E-state index in [0.29, 0.717) is 13.1 Å². The fourth-order valence-corrected chi connectivity index (χ4v) is 3.79. The molecule has 3 rings (SSSR count). The van der Waals surface area contributed by atoms with Gasteiger partial charge in [-0.1, -0.05) is 6.07 Å².